The van der Waals surface area contributed by atoms with Crippen LogP contribution in [0.4, 0.5) is 11.4 Å². The molecule has 0 aromatic heterocycles. The van der Waals surface area contributed by atoms with E-state index in [1.165, 1.54) is 0 Å². The fourth-order valence-corrected chi connectivity index (χ4v) is 5.11. The Labute approximate surface area is 218 Å². The first-order chi connectivity index (χ1) is 18.0. The van der Waals surface area contributed by atoms with Gasteiger partial charge in [-0.05, 0) is 65.8 Å². The maximum absolute atomic E-state index is 13.8. The molecule has 5 rings (SSSR count). The Kier molecular flexibility index (Phi) is 7.08. The molecular formula is C31H34N2O4. The molecule has 2 unspecified atom stereocenters. The summed E-state index contributed by atoms with van der Waals surface area (Å²) in [5, 5.41) is 7.23. The smallest absolute Gasteiger partial charge is 0.163 e. The van der Waals surface area contributed by atoms with Crippen LogP contribution in [0, 0.1) is 5.92 Å². The molecule has 0 amide bonds. The van der Waals surface area contributed by atoms with Crippen LogP contribution in [0.5, 0.6) is 17.2 Å². The van der Waals surface area contributed by atoms with Gasteiger partial charge in [-0.15, -0.1) is 0 Å². The Balaban J connectivity index is 1.50. The van der Waals surface area contributed by atoms with Crippen molar-refractivity contribution in [3.8, 4) is 17.2 Å². The summed E-state index contributed by atoms with van der Waals surface area (Å²) in [7, 11) is 3.25. The predicted octanol–water partition coefficient (Wildman–Crippen LogP) is 6.72. The molecule has 6 heteroatoms. The van der Waals surface area contributed by atoms with E-state index >= 15 is 0 Å². The highest BCUT2D eigenvalue weighted by atomic mass is 16.5. The van der Waals surface area contributed by atoms with Gasteiger partial charge in [0.1, 0.15) is 5.75 Å². The number of carbonyl (C=O) groups excluding carboxylic acids is 1. The highest BCUT2D eigenvalue weighted by molar-refractivity contribution is 6.01. The number of ketones is 1. The van der Waals surface area contributed by atoms with E-state index < -0.39 is 0 Å². The first kappa shape index (κ1) is 24.8. The molecule has 0 saturated carbocycles. The van der Waals surface area contributed by atoms with Crippen LogP contribution in [-0.4, -0.2) is 26.6 Å². The molecule has 2 aliphatic rings. The van der Waals surface area contributed by atoms with Gasteiger partial charge < -0.3 is 24.8 Å². The Bertz CT molecular complexity index is 1310. The number of methoxy groups -OCH3 is 2. The molecule has 2 atom stereocenters. The zero-order valence-corrected chi connectivity index (χ0v) is 21.8. The Morgan fingerprint density at radius 2 is 1.57 bits per heavy atom. The molecule has 37 heavy (non-hydrogen) atoms. The van der Waals surface area contributed by atoms with Crippen molar-refractivity contribution < 1.29 is 19.0 Å². The van der Waals surface area contributed by atoms with Crippen molar-refractivity contribution in [1.82, 2.24) is 0 Å². The summed E-state index contributed by atoms with van der Waals surface area (Å²) < 4.78 is 16.9. The largest absolute Gasteiger partial charge is 0.493 e. The summed E-state index contributed by atoms with van der Waals surface area (Å²) in [4.78, 5) is 13.8. The summed E-state index contributed by atoms with van der Waals surface area (Å²) in [5.74, 6) is 2.85. The first-order valence-electron chi connectivity index (χ1n) is 12.8. The number of allylic oxidation sites excluding steroid dienone is 1. The molecule has 1 aliphatic heterocycles. The van der Waals surface area contributed by atoms with Gasteiger partial charge in [-0.25, -0.2) is 0 Å². The third kappa shape index (κ3) is 5.15. The minimum Gasteiger partial charge on any atom is -0.493 e. The monoisotopic (exact) mass is 498 g/mol. The van der Waals surface area contributed by atoms with Gasteiger partial charge in [0.05, 0.1) is 38.2 Å². The lowest BCUT2D eigenvalue weighted by Crippen LogP contribution is -2.26. The number of anilines is 2. The number of nitrogens with one attached hydrogen (secondary N) is 2. The lowest BCUT2D eigenvalue weighted by Gasteiger charge is -2.30. The van der Waals surface area contributed by atoms with Crippen molar-refractivity contribution in [2.75, 3.05) is 31.5 Å². The van der Waals surface area contributed by atoms with E-state index in [4.69, 9.17) is 14.2 Å². The maximum Gasteiger partial charge on any atom is 0.163 e. The molecule has 1 heterocycles. The predicted molar refractivity (Wildman–Crippen MR) is 147 cm³/mol. The van der Waals surface area contributed by atoms with Crippen LogP contribution in [0.25, 0.3) is 0 Å². The molecule has 1 aliphatic carbocycles. The Morgan fingerprint density at radius 3 is 2.27 bits per heavy atom. The lowest BCUT2D eigenvalue weighted by molar-refractivity contribution is -0.116. The average molecular weight is 499 g/mol. The standard InChI is InChI=1S/C31H34N2O4/c1-19(2)18-37-23-12-9-20(10-13-23)22-15-26-30(27(34)16-22)31(33-25-8-6-5-7-24(25)32-26)21-11-14-28(35-3)29(17-21)36-4/h5-14,17,19,22,31-33H,15-16,18H2,1-4H3. The second-order valence-corrected chi connectivity index (χ2v) is 10.1. The highest BCUT2D eigenvalue weighted by Crippen LogP contribution is 2.45. The van der Waals surface area contributed by atoms with E-state index in [0.29, 0.717) is 30.4 Å². The van der Waals surface area contributed by atoms with E-state index in [-0.39, 0.29) is 17.7 Å². The average Bonchev–Trinajstić information content (AvgIpc) is 3.08. The minimum atomic E-state index is -0.314. The number of rotatable bonds is 7. The van der Waals surface area contributed by atoms with Crippen LogP contribution in [0.3, 0.4) is 0 Å². The topological polar surface area (TPSA) is 68.8 Å². The van der Waals surface area contributed by atoms with E-state index in [2.05, 4.69) is 36.6 Å². The second-order valence-electron chi connectivity index (χ2n) is 10.1. The molecular weight excluding hydrogens is 464 g/mol. The molecule has 0 saturated heterocycles. The molecule has 3 aromatic rings. The number of ether oxygens (including phenoxy) is 3. The molecule has 0 fully saturated rings. The minimum absolute atomic E-state index is 0.0919. The van der Waals surface area contributed by atoms with E-state index in [0.717, 1.165) is 45.9 Å². The van der Waals surface area contributed by atoms with Gasteiger partial charge in [-0.2, -0.15) is 0 Å². The summed E-state index contributed by atoms with van der Waals surface area (Å²) in [6.07, 6.45) is 1.20. The Morgan fingerprint density at radius 1 is 0.865 bits per heavy atom. The molecule has 6 nitrogen and oxygen atoms in total. The molecule has 2 N–H and O–H groups in total. The van der Waals surface area contributed by atoms with Crippen LogP contribution < -0.4 is 24.8 Å². The molecule has 0 radical (unpaired) electrons. The number of benzene rings is 3. The van der Waals surface area contributed by atoms with Gasteiger partial charge in [0.25, 0.3) is 0 Å². The van der Waals surface area contributed by atoms with E-state index in [9.17, 15) is 4.79 Å². The van der Waals surface area contributed by atoms with Crippen molar-refractivity contribution in [3.05, 3.63) is 89.1 Å². The van der Waals surface area contributed by atoms with Gasteiger partial charge in [0, 0.05) is 17.7 Å². The maximum atomic E-state index is 13.8. The number of carbonyl (C=O) groups is 1. The SMILES string of the molecule is COc1ccc(C2Nc3ccccc3NC3=C2C(=O)CC(c2ccc(OCC(C)C)cc2)C3)cc1OC. The van der Waals surface area contributed by atoms with Crippen LogP contribution in [0.1, 0.15) is 49.8 Å². The van der Waals surface area contributed by atoms with Crippen molar-refractivity contribution >= 4 is 17.2 Å². The molecule has 3 aromatic carbocycles. The fourth-order valence-electron chi connectivity index (χ4n) is 5.11. The lowest BCUT2D eigenvalue weighted by atomic mass is 9.78. The quantitative estimate of drug-likeness (QED) is 0.377. The van der Waals surface area contributed by atoms with Crippen molar-refractivity contribution in [3.63, 3.8) is 0 Å². The van der Waals surface area contributed by atoms with Gasteiger partial charge in [-0.3, -0.25) is 4.79 Å². The van der Waals surface area contributed by atoms with Gasteiger partial charge in [0.2, 0.25) is 0 Å². The summed E-state index contributed by atoms with van der Waals surface area (Å²) in [5.41, 5.74) is 5.74. The number of fused-ring (bicyclic) bond motifs is 1. The van der Waals surface area contributed by atoms with Gasteiger partial charge >= 0.3 is 0 Å². The summed E-state index contributed by atoms with van der Waals surface area (Å²) >= 11 is 0. The van der Waals surface area contributed by atoms with E-state index in [1.54, 1.807) is 14.2 Å². The van der Waals surface area contributed by atoms with E-state index in [1.807, 2.05) is 54.6 Å². The number of para-hydroxylation sites is 2. The summed E-state index contributed by atoms with van der Waals surface area (Å²) in [6, 6.07) is 21.8. The molecule has 0 spiro atoms. The zero-order valence-electron chi connectivity index (χ0n) is 21.8. The molecule has 192 valence electrons. The number of hydrogen-bond donors (Lipinski definition) is 2. The molecule has 0 bridgehead atoms. The van der Waals surface area contributed by atoms with Crippen LogP contribution in [0.15, 0.2) is 78.0 Å². The van der Waals surface area contributed by atoms with Crippen molar-refractivity contribution in [2.24, 2.45) is 5.92 Å². The second kappa shape index (κ2) is 10.6. The number of hydrogen-bond acceptors (Lipinski definition) is 6. The van der Waals surface area contributed by atoms with Crippen molar-refractivity contribution in [2.45, 2.75) is 38.6 Å². The summed E-state index contributed by atoms with van der Waals surface area (Å²) in [6.45, 7) is 4.95. The van der Waals surface area contributed by atoms with Crippen molar-refractivity contribution in [1.29, 1.82) is 0 Å². The van der Waals surface area contributed by atoms with Gasteiger partial charge in [-0.1, -0.05) is 44.2 Å². The fraction of sp³-hybridized carbons (Fsp3) is 0.323. The normalized spacial score (nSPS) is 18.8. The van der Waals surface area contributed by atoms with Crippen LogP contribution >= 0.6 is 0 Å². The van der Waals surface area contributed by atoms with Gasteiger partial charge in [0.15, 0.2) is 17.3 Å². The van der Waals surface area contributed by atoms with Crippen LogP contribution in [0.2, 0.25) is 0 Å². The third-order valence-corrected chi connectivity index (χ3v) is 6.98. The Hall–Kier alpha value is -3.93. The highest BCUT2D eigenvalue weighted by Gasteiger charge is 2.36. The number of Topliss-reactive ketones (excluding diaryl/α,β-unsaturated/α-hetero) is 1. The zero-order chi connectivity index (χ0) is 25.9. The van der Waals surface area contributed by atoms with Crippen LogP contribution in [-0.2, 0) is 4.79 Å². The third-order valence-electron chi connectivity index (χ3n) is 6.98. The first-order valence-corrected chi connectivity index (χ1v) is 12.8.